The van der Waals surface area contributed by atoms with Crippen molar-refractivity contribution in [2.75, 3.05) is 39.0 Å². The van der Waals surface area contributed by atoms with Crippen LogP contribution in [0.15, 0.2) is 0 Å². The summed E-state index contributed by atoms with van der Waals surface area (Å²) in [5.41, 5.74) is 0. The maximum Gasteiger partial charge on any atom is 0.0192 e. The first-order valence-electron chi connectivity index (χ1n) is 6.17. The van der Waals surface area contributed by atoms with Gasteiger partial charge in [-0.25, -0.2) is 0 Å². The van der Waals surface area contributed by atoms with E-state index in [0.717, 1.165) is 17.7 Å². The molecule has 1 heterocycles. The van der Waals surface area contributed by atoms with Crippen LogP contribution in [-0.2, 0) is 0 Å². The van der Waals surface area contributed by atoms with Gasteiger partial charge in [-0.15, -0.1) is 0 Å². The number of hydrogen-bond acceptors (Lipinski definition) is 3. The highest BCUT2D eigenvalue weighted by Gasteiger charge is 2.20. The molecule has 0 N–H and O–H groups in total. The van der Waals surface area contributed by atoms with Crippen LogP contribution in [0.4, 0.5) is 0 Å². The van der Waals surface area contributed by atoms with Crippen LogP contribution in [0.3, 0.4) is 0 Å². The van der Waals surface area contributed by atoms with E-state index in [1.165, 1.54) is 39.0 Å². The van der Waals surface area contributed by atoms with Crippen molar-refractivity contribution in [3.8, 4) is 0 Å². The number of nitrogens with zero attached hydrogens (tertiary/aromatic N) is 2. The van der Waals surface area contributed by atoms with Crippen molar-refractivity contribution in [3.05, 3.63) is 0 Å². The lowest BCUT2D eigenvalue weighted by molar-refractivity contribution is 0.101. The molecule has 1 fully saturated rings. The summed E-state index contributed by atoms with van der Waals surface area (Å²) in [7, 11) is 2.23. The average molecular weight is 230 g/mol. The lowest BCUT2D eigenvalue weighted by atomic mass is 10.0. The summed E-state index contributed by atoms with van der Waals surface area (Å²) in [5, 5.41) is 0. The highest BCUT2D eigenvalue weighted by molar-refractivity contribution is 7.80. The van der Waals surface area contributed by atoms with Gasteiger partial charge < -0.3 is 9.80 Å². The third kappa shape index (κ3) is 4.75. The van der Waals surface area contributed by atoms with E-state index >= 15 is 0 Å². The molecule has 0 aromatic heterocycles. The Kier molecular flexibility index (Phi) is 6.02. The highest BCUT2D eigenvalue weighted by atomic mass is 32.1. The van der Waals surface area contributed by atoms with Crippen molar-refractivity contribution < 1.29 is 0 Å². The second-order valence-corrected chi connectivity index (χ2v) is 5.48. The average Bonchev–Trinajstić information content (AvgIpc) is 2.20. The van der Waals surface area contributed by atoms with Crippen molar-refractivity contribution in [1.82, 2.24) is 9.80 Å². The molecule has 15 heavy (non-hydrogen) atoms. The molecule has 0 amide bonds. The van der Waals surface area contributed by atoms with Crippen molar-refractivity contribution in [2.45, 2.75) is 32.7 Å². The molecule has 0 bridgehead atoms. The fourth-order valence-electron chi connectivity index (χ4n) is 2.09. The first-order chi connectivity index (χ1) is 7.13. The van der Waals surface area contributed by atoms with Crippen LogP contribution in [0.25, 0.3) is 0 Å². The quantitative estimate of drug-likeness (QED) is 0.722. The largest absolute Gasteiger partial charge is 0.301 e. The van der Waals surface area contributed by atoms with Crippen LogP contribution in [-0.4, -0.2) is 54.8 Å². The van der Waals surface area contributed by atoms with Gasteiger partial charge in [0.05, 0.1) is 0 Å². The summed E-state index contributed by atoms with van der Waals surface area (Å²) in [6.07, 6.45) is 2.59. The van der Waals surface area contributed by atoms with E-state index in [9.17, 15) is 0 Å². The van der Waals surface area contributed by atoms with E-state index in [2.05, 4.69) is 43.3 Å². The molecule has 2 nitrogen and oxygen atoms in total. The van der Waals surface area contributed by atoms with Crippen molar-refractivity contribution in [2.24, 2.45) is 5.92 Å². The van der Waals surface area contributed by atoms with Gasteiger partial charge in [-0.2, -0.15) is 12.6 Å². The minimum absolute atomic E-state index is 0.721. The third-order valence-electron chi connectivity index (χ3n) is 3.60. The predicted octanol–water partition coefficient (Wildman–Crippen LogP) is 1.97. The van der Waals surface area contributed by atoms with Crippen LogP contribution >= 0.6 is 12.6 Å². The molecular weight excluding hydrogens is 204 g/mol. The second-order valence-electron chi connectivity index (χ2n) is 5.04. The molecule has 0 aliphatic carbocycles. The van der Waals surface area contributed by atoms with E-state index in [4.69, 9.17) is 0 Å². The van der Waals surface area contributed by atoms with Crippen molar-refractivity contribution in [1.29, 1.82) is 0 Å². The van der Waals surface area contributed by atoms with Crippen molar-refractivity contribution in [3.63, 3.8) is 0 Å². The number of piperazine rings is 1. The molecule has 1 aliphatic rings. The van der Waals surface area contributed by atoms with E-state index in [0.29, 0.717) is 0 Å². The van der Waals surface area contributed by atoms with Gasteiger partial charge in [0.1, 0.15) is 0 Å². The Hall–Kier alpha value is 0.270. The Labute approximate surface area is 100 Å². The van der Waals surface area contributed by atoms with Crippen LogP contribution in [0.5, 0.6) is 0 Å². The maximum absolute atomic E-state index is 4.29. The maximum atomic E-state index is 4.29. The normalized spacial score (nSPS) is 26.8. The van der Waals surface area contributed by atoms with Gasteiger partial charge in [-0.1, -0.05) is 6.92 Å². The molecule has 2 atom stereocenters. The third-order valence-corrected chi connectivity index (χ3v) is 3.86. The molecule has 2 unspecified atom stereocenters. The van der Waals surface area contributed by atoms with Crippen LogP contribution < -0.4 is 0 Å². The molecule has 1 rings (SSSR count). The molecule has 0 aromatic rings. The Morgan fingerprint density at radius 3 is 2.67 bits per heavy atom. The van der Waals surface area contributed by atoms with E-state index in [1.807, 2.05) is 0 Å². The monoisotopic (exact) mass is 230 g/mol. The minimum Gasteiger partial charge on any atom is -0.301 e. The van der Waals surface area contributed by atoms with Gasteiger partial charge in [0.25, 0.3) is 0 Å². The van der Waals surface area contributed by atoms with E-state index in [1.54, 1.807) is 0 Å². The van der Waals surface area contributed by atoms with Gasteiger partial charge in [-0.3, -0.25) is 0 Å². The van der Waals surface area contributed by atoms with Gasteiger partial charge >= 0.3 is 0 Å². The van der Waals surface area contributed by atoms with Gasteiger partial charge in [0.2, 0.25) is 0 Å². The molecule has 90 valence electrons. The second kappa shape index (κ2) is 6.77. The molecule has 3 heteroatoms. The van der Waals surface area contributed by atoms with Gasteiger partial charge in [0, 0.05) is 25.7 Å². The van der Waals surface area contributed by atoms with Crippen LogP contribution in [0.1, 0.15) is 26.7 Å². The van der Waals surface area contributed by atoms with Crippen molar-refractivity contribution >= 4 is 12.6 Å². The number of rotatable bonds is 5. The standard InChI is InChI=1S/C12H26N2S/c1-11(5-9-15)4-6-14-8-7-13(3)12(2)10-14/h11-12,15H,4-10H2,1-3H3. The summed E-state index contributed by atoms with van der Waals surface area (Å²) in [6, 6.07) is 0.721. The first kappa shape index (κ1) is 13.3. The van der Waals surface area contributed by atoms with Gasteiger partial charge in [0.15, 0.2) is 0 Å². The van der Waals surface area contributed by atoms with Crippen LogP contribution in [0.2, 0.25) is 0 Å². The SMILES string of the molecule is CC(CCS)CCN1CCN(C)C(C)C1. The Morgan fingerprint density at radius 2 is 2.07 bits per heavy atom. The Bertz CT molecular complexity index is 175. The summed E-state index contributed by atoms with van der Waals surface area (Å²) >= 11 is 4.29. The smallest absolute Gasteiger partial charge is 0.0192 e. The molecule has 0 spiro atoms. The summed E-state index contributed by atoms with van der Waals surface area (Å²) in [5.74, 6) is 1.86. The molecule has 1 aliphatic heterocycles. The highest BCUT2D eigenvalue weighted by Crippen LogP contribution is 2.12. The fraction of sp³-hybridized carbons (Fsp3) is 1.00. The summed E-state index contributed by atoms with van der Waals surface area (Å²) < 4.78 is 0. The predicted molar refractivity (Wildman–Crippen MR) is 70.8 cm³/mol. The molecule has 0 radical (unpaired) electrons. The molecule has 0 aromatic carbocycles. The summed E-state index contributed by atoms with van der Waals surface area (Å²) in [4.78, 5) is 5.06. The fourth-order valence-corrected chi connectivity index (χ4v) is 2.54. The molecule has 1 saturated heterocycles. The van der Waals surface area contributed by atoms with Crippen LogP contribution in [0, 0.1) is 5.92 Å². The van der Waals surface area contributed by atoms with E-state index in [-0.39, 0.29) is 0 Å². The topological polar surface area (TPSA) is 6.48 Å². The number of likely N-dealkylation sites (N-methyl/N-ethyl adjacent to an activating group) is 1. The zero-order valence-electron chi connectivity index (χ0n) is 10.4. The van der Waals surface area contributed by atoms with Gasteiger partial charge in [-0.05, 0) is 45.0 Å². The molecular formula is C12H26N2S. The summed E-state index contributed by atoms with van der Waals surface area (Å²) in [6.45, 7) is 9.65. The molecule has 0 saturated carbocycles. The first-order valence-corrected chi connectivity index (χ1v) is 6.80. The zero-order chi connectivity index (χ0) is 11.3. The van der Waals surface area contributed by atoms with E-state index < -0.39 is 0 Å². The number of hydrogen-bond donors (Lipinski definition) is 1. The Balaban J connectivity index is 2.16. The lowest BCUT2D eigenvalue weighted by Crippen LogP contribution is -2.50. The lowest BCUT2D eigenvalue weighted by Gasteiger charge is -2.38. The zero-order valence-corrected chi connectivity index (χ0v) is 11.3. The minimum atomic E-state index is 0.721. The number of thiol groups is 1. The Morgan fingerprint density at radius 1 is 1.33 bits per heavy atom.